The molecule has 2 saturated heterocycles. The van der Waals surface area contributed by atoms with Gasteiger partial charge in [-0.1, -0.05) is 6.58 Å². The van der Waals surface area contributed by atoms with Crippen molar-refractivity contribution < 1.29 is 14.3 Å². The topological polar surface area (TPSA) is 49.9 Å². The van der Waals surface area contributed by atoms with Crippen molar-refractivity contribution in [2.24, 2.45) is 0 Å². The van der Waals surface area contributed by atoms with Crippen LogP contribution in [-0.4, -0.2) is 59.5 Å². The molecule has 2 heterocycles. The zero-order valence-electron chi connectivity index (χ0n) is 11.7. The molecule has 0 radical (unpaired) electrons. The Morgan fingerprint density at radius 2 is 2.11 bits per heavy atom. The molecule has 0 aromatic rings. The SMILES string of the molecule is C=CC(=O)N1CCN(C(=O)[C@H]2CCCO2)CC1(C)C. The van der Waals surface area contributed by atoms with Crippen molar-refractivity contribution in [1.82, 2.24) is 9.80 Å². The number of hydrogen-bond acceptors (Lipinski definition) is 3. The summed E-state index contributed by atoms with van der Waals surface area (Å²) < 4.78 is 5.44. The van der Waals surface area contributed by atoms with Crippen LogP contribution >= 0.6 is 0 Å². The van der Waals surface area contributed by atoms with E-state index in [0.29, 0.717) is 26.2 Å². The predicted molar refractivity (Wildman–Crippen MR) is 71.5 cm³/mol. The van der Waals surface area contributed by atoms with Crippen LogP contribution in [0, 0.1) is 0 Å². The number of ether oxygens (including phenoxy) is 1. The van der Waals surface area contributed by atoms with Gasteiger partial charge in [-0.3, -0.25) is 9.59 Å². The van der Waals surface area contributed by atoms with E-state index >= 15 is 0 Å². The maximum absolute atomic E-state index is 12.3. The van der Waals surface area contributed by atoms with Gasteiger partial charge in [-0.2, -0.15) is 0 Å². The summed E-state index contributed by atoms with van der Waals surface area (Å²) in [6.45, 7) is 9.82. The van der Waals surface area contributed by atoms with E-state index in [1.165, 1.54) is 6.08 Å². The molecule has 0 unspecified atom stereocenters. The minimum atomic E-state index is -0.363. The fraction of sp³-hybridized carbons (Fsp3) is 0.714. The average Bonchev–Trinajstić information content (AvgIpc) is 2.89. The van der Waals surface area contributed by atoms with Crippen LogP contribution in [0.5, 0.6) is 0 Å². The Hall–Kier alpha value is -1.36. The van der Waals surface area contributed by atoms with Crippen molar-refractivity contribution in [3.8, 4) is 0 Å². The normalized spacial score (nSPS) is 26.3. The molecule has 0 bridgehead atoms. The Kier molecular flexibility index (Phi) is 3.94. The molecular weight excluding hydrogens is 244 g/mol. The molecule has 0 aromatic carbocycles. The Labute approximate surface area is 114 Å². The Morgan fingerprint density at radius 3 is 2.63 bits per heavy atom. The molecule has 0 aromatic heterocycles. The maximum atomic E-state index is 12.3. The lowest BCUT2D eigenvalue weighted by molar-refractivity contribution is -0.150. The van der Waals surface area contributed by atoms with Crippen LogP contribution in [-0.2, 0) is 14.3 Å². The van der Waals surface area contributed by atoms with Gasteiger partial charge in [0.2, 0.25) is 5.91 Å². The molecule has 1 atom stereocenters. The quantitative estimate of drug-likeness (QED) is 0.695. The lowest BCUT2D eigenvalue weighted by Gasteiger charge is -2.47. The lowest BCUT2D eigenvalue weighted by atomic mass is 9.98. The van der Waals surface area contributed by atoms with Crippen LogP contribution in [0.15, 0.2) is 12.7 Å². The van der Waals surface area contributed by atoms with Gasteiger partial charge in [-0.05, 0) is 32.8 Å². The van der Waals surface area contributed by atoms with Gasteiger partial charge in [-0.25, -0.2) is 0 Å². The van der Waals surface area contributed by atoms with Crippen molar-refractivity contribution in [2.75, 3.05) is 26.2 Å². The molecule has 2 aliphatic rings. The highest BCUT2D eigenvalue weighted by atomic mass is 16.5. The van der Waals surface area contributed by atoms with Gasteiger partial charge in [0.05, 0.1) is 5.54 Å². The molecule has 0 spiro atoms. The number of nitrogens with zero attached hydrogens (tertiary/aromatic N) is 2. The summed E-state index contributed by atoms with van der Waals surface area (Å²) in [7, 11) is 0. The van der Waals surface area contributed by atoms with E-state index in [1.54, 1.807) is 4.90 Å². The van der Waals surface area contributed by atoms with Crippen molar-refractivity contribution >= 4 is 11.8 Å². The molecule has 0 N–H and O–H groups in total. The van der Waals surface area contributed by atoms with Gasteiger partial charge in [-0.15, -0.1) is 0 Å². The van der Waals surface area contributed by atoms with E-state index in [-0.39, 0.29) is 23.5 Å². The van der Waals surface area contributed by atoms with Crippen molar-refractivity contribution in [2.45, 2.75) is 38.3 Å². The number of rotatable bonds is 2. The fourth-order valence-corrected chi connectivity index (χ4v) is 2.84. The number of carbonyl (C=O) groups excluding carboxylic acids is 2. The molecule has 19 heavy (non-hydrogen) atoms. The van der Waals surface area contributed by atoms with Crippen molar-refractivity contribution in [3.05, 3.63) is 12.7 Å². The molecule has 2 fully saturated rings. The van der Waals surface area contributed by atoms with Crippen LogP contribution in [0.1, 0.15) is 26.7 Å². The summed E-state index contributed by atoms with van der Waals surface area (Å²) in [6.07, 6.45) is 2.82. The lowest BCUT2D eigenvalue weighted by Crippen LogP contribution is -2.62. The summed E-state index contributed by atoms with van der Waals surface area (Å²) in [5, 5.41) is 0. The van der Waals surface area contributed by atoms with Crippen LogP contribution in [0.2, 0.25) is 0 Å². The molecule has 2 amide bonds. The summed E-state index contributed by atoms with van der Waals surface area (Å²) in [5.41, 5.74) is -0.363. The van der Waals surface area contributed by atoms with Crippen molar-refractivity contribution in [3.63, 3.8) is 0 Å². The van der Waals surface area contributed by atoms with E-state index in [1.807, 2.05) is 18.7 Å². The first kappa shape index (κ1) is 14.1. The van der Waals surface area contributed by atoms with E-state index in [9.17, 15) is 9.59 Å². The Balaban J connectivity index is 2.02. The summed E-state index contributed by atoms with van der Waals surface area (Å²) in [4.78, 5) is 27.7. The van der Waals surface area contributed by atoms with Crippen LogP contribution < -0.4 is 0 Å². The number of hydrogen-bond donors (Lipinski definition) is 0. The third-order valence-corrected chi connectivity index (χ3v) is 3.86. The third kappa shape index (κ3) is 2.81. The Morgan fingerprint density at radius 1 is 1.37 bits per heavy atom. The summed E-state index contributed by atoms with van der Waals surface area (Å²) in [5.74, 6) is -0.00880. The first-order valence-corrected chi connectivity index (χ1v) is 6.80. The molecule has 0 aliphatic carbocycles. The molecular formula is C14H22N2O3. The highest BCUT2D eigenvalue weighted by Gasteiger charge is 2.39. The highest BCUT2D eigenvalue weighted by molar-refractivity contribution is 5.88. The second-order valence-corrected chi connectivity index (χ2v) is 5.77. The molecule has 0 saturated carbocycles. The van der Waals surface area contributed by atoms with Crippen molar-refractivity contribution in [1.29, 1.82) is 0 Å². The summed E-state index contributed by atoms with van der Waals surface area (Å²) in [6, 6.07) is 0. The second kappa shape index (κ2) is 5.33. The maximum Gasteiger partial charge on any atom is 0.251 e. The first-order valence-electron chi connectivity index (χ1n) is 6.80. The standard InChI is InChI=1S/C14H22N2O3/c1-4-12(17)16-8-7-15(10-14(16,2)3)13(18)11-6-5-9-19-11/h4,11H,1,5-10H2,2-3H3/t11-/m1/s1. The number of amides is 2. The first-order chi connectivity index (χ1) is 8.95. The van der Waals surface area contributed by atoms with E-state index in [4.69, 9.17) is 4.74 Å². The Bertz CT molecular complexity index is 386. The molecule has 106 valence electrons. The largest absolute Gasteiger partial charge is 0.368 e. The van der Waals surface area contributed by atoms with Gasteiger partial charge < -0.3 is 14.5 Å². The van der Waals surface area contributed by atoms with E-state index < -0.39 is 0 Å². The van der Waals surface area contributed by atoms with Crippen LogP contribution in [0.3, 0.4) is 0 Å². The minimum Gasteiger partial charge on any atom is -0.368 e. The van der Waals surface area contributed by atoms with Gasteiger partial charge in [0, 0.05) is 26.2 Å². The summed E-state index contributed by atoms with van der Waals surface area (Å²) >= 11 is 0. The van der Waals surface area contributed by atoms with E-state index in [2.05, 4.69) is 6.58 Å². The zero-order chi connectivity index (χ0) is 14.0. The van der Waals surface area contributed by atoms with Crippen LogP contribution in [0.4, 0.5) is 0 Å². The van der Waals surface area contributed by atoms with Gasteiger partial charge in [0.1, 0.15) is 6.10 Å². The fourth-order valence-electron chi connectivity index (χ4n) is 2.84. The monoisotopic (exact) mass is 266 g/mol. The molecule has 5 nitrogen and oxygen atoms in total. The minimum absolute atomic E-state index is 0.0660. The molecule has 2 aliphatic heterocycles. The second-order valence-electron chi connectivity index (χ2n) is 5.77. The predicted octanol–water partition coefficient (Wildman–Crippen LogP) is 0.801. The van der Waals surface area contributed by atoms with Gasteiger partial charge >= 0.3 is 0 Å². The number of piperazine rings is 1. The van der Waals surface area contributed by atoms with Gasteiger partial charge in [0.25, 0.3) is 5.91 Å². The third-order valence-electron chi connectivity index (χ3n) is 3.86. The molecule has 5 heteroatoms. The number of carbonyl (C=O) groups is 2. The van der Waals surface area contributed by atoms with E-state index in [0.717, 1.165) is 12.8 Å². The smallest absolute Gasteiger partial charge is 0.251 e. The zero-order valence-corrected chi connectivity index (χ0v) is 11.7. The molecule has 2 rings (SSSR count). The van der Waals surface area contributed by atoms with Crippen LogP contribution in [0.25, 0.3) is 0 Å². The average molecular weight is 266 g/mol. The van der Waals surface area contributed by atoms with Gasteiger partial charge in [0.15, 0.2) is 0 Å². The highest BCUT2D eigenvalue weighted by Crippen LogP contribution is 2.24.